The minimum atomic E-state index is 0.316. The van der Waals surface area contributed by atoms with Gasteiger partial charge in [-0.2, -0.15) is 0 Å². The fourth-order valence-electron chi connectivity index (χ4n) is 2.20. The van der Waals surface area contributed by atoms with Crippen molar-refractivity contribution in [3.05, 3.63) is 71.1 Å². The van der Waals surface area contributed by atoms with Gasteiger partial charge >= 0.3 is 0 Å². The van der Waals surface area contributed by atoms with Crippen LogP contribution in [0.1, 0.15) is 24.0 Å². The molecular formula is C16H13ClN2. The smallest absolute Gasteiger partial charge is 0.116 e. The second kappa shape index (κ2) is 4.98. The van der Waals surface area contributed by atoms with Crippen LogP contribution in [0, 0.1) is 0 Å². The van der Waals surface area contributed by atoms with Gasteiger partial charge in [0.25, 0.3) is 0 Å². The van der Waals surface area contributed by atoms with E-state index in [0.29, 0.717) is 5.92 Å². The Labute approximate surface area is 117 Å². The summed E-state index contributed by atoms with van der Waals surface area (Å²) in [5, 5.41) is 1.83. The summed E-state index contributed by atoms with van der Waals surface area (Å²) < 4.78 is 0. The Morgan fingerprint density at radius 1 is 1.00 bits per heavy atom. The van der Waals surface area contributed by atoms with E-state index in [1.807, 2.05) is 18.3 Å². The molecule has 0 amide bonds. The number of halogens is 1. The summed E-state index contributed by atoms with van der Waals surface area (Å²) in [7, 11) is 0. The maximum absolute atomic E-state index is 5.92. The number of hydrogen-bond donors (Lipinski definition) is 0. The molecular weight excluding hydrogens is 256 g/mol. The Kier molecular flexibility index (Phi) is 3.18. The lowest BCUT2D eigenvalue weighted by molar-refractivity contribution is 0.924. The van der Waals surface area contributed by atoms with Crippen LogP contribution in [0.5, 0.6) is 0 Å². The Balaban J connectivity index is 2.01. The normalized spacial score (nSPS) is 12.5. The minimum Gasteiger partial charge on any atom is -0.244 e. The van der Waals surface area contributed by atoms with Crippen molar-refractivity contribution < 1.29 is 0 Å². The molecule has 2 nitrogen and oxygen atoms in total. The average molecular weight is 269 g/mol. The van der Waals surface area contributed by atoms with Gasteiger partial charge in [-0.1, -0.05) is 42.8 Å². The molecule has 1 atom stereocenters. The van der Waals surface area contributed by atoms with Crippen LogP contribution in [0.25, 0.3) is 10.9 Å². The van der Waals surface area contributed by atoms with Crippen LogP contribution in [0.4, 0.5) is 0 Å². The van der Waals surface area contributed by atoms with Crippen LogP contribution in [0.15, 0.2) is 55.0 Å². The van der Waals surface area contributed by atoms with Crippen LogP contribution in [0.2, 0.25) is 5.02 Å². The molecule has 0 bridgehead atoms. The molecule has 0 aliphatic carbocycles. The third-order valence-corrected chi connectivity index (χ3v) is 3.65. The molecule has 0 saturated heterocycles. The topological polar surface area (TPSA) is 25.8 Å². The van der Waals surface area contributed by atoms with Gasteiger partial charge < -0.3 is 0 Å². The summed E-state index contributed by atoms with van der Waals surface area (Å²) in [6.07, 6.45) is 3.41. The van der Waals surface area contributed by atoms with E-state index in [-0.39, 0.29) is 0 Å². The lowest BCUT2D eigenvalue weighted by Crippen LogP contribution is -1.96. The summed E-state index contributed by atoms with van der Waals surface area (Å²) in [5.74, 6) is 0.316. The number of hydrogen-bond acceptors (Lipinski definition) is 2. The number of fused-ring (bicyclic) bond motifs is 1. The molecule has 0 aliphatic rings. The van der Waals surface area contributed by atoms with Gasteiger partial charge in [-0.25, -0.2) is 9.97 Å². The monoisotopic (exact) mass is 268 g/mol. The molecule has 94 valence electrons. The summed E-state index contributed by atoms with van der Waals surface area (Å²) in [6.45, 7) is 2.19. The number of rotatable bonds is 2. The van der Waals surface area contributed by atoms with E-state index >= 15 is 0 Å². The van der Waals surface area contributed by atoms with E-state index in [1.165, 1.54) is 11.1 Å². The van der Waals surface area contributed by atoms with Crippen molar-refractivity contribution in [3.8, 4) is 0 Å². The Bertz CT molecular complexity index is 707. The molecule has 2 aromatic carbocycles. The SMILES string of the molecule is C[C@H](c1ccc(Cl)cc1)c1ccc2cncnc2c1. The van der Waals surface area contributed by atoms with E-state index in [2.05, 4.69) is 47.2 Å². The molecule has 0 N–H and O–H groups in total. The van der Waals surface area contributed by atoms with Crippen molar-refractivity contribution in [1.82, 2.24) is 9.97 Å². The molecule has 1 heterocycles. The van der Waals surface area contributed by atoms with Crippen molar-refractivity contribution in [3.63, 3.8) is 0 Å². The van der Waals surface area contributed by atoms with Crippen LogP contribution in [-0.4, -0.2) is 9.97 Å². The quantitative estimate of drug-likeness (QED) is 0.687. The summed E-state index contributed by atoms with van der Waals surface area (Å²) in [5.41, 5.74) is 3.47. The molecule has 0 radical (unpaired) electrons. The fraction of sp³-hybridized carbons (Fsp3) is 0.125. The van der Waals surface area contributed by atoms with Gasteiger partial charge in [0.2, 0.25) is 0 Å². The van der Waals surface area contributed by atoms with Gasteiger partial charge in [-0.15, -0.1) is 0 Å². The molecule has 3 aromatic rings. The highest BCUT2D eigenvalue weighted by Gasteiger charge is 2.09. The van der Waals surface area contributed by atoms with Gasteiger partial charge in [-0.3, -0.25) is 0 Å². The van der Waals surface area contributed by atoms with Crippen LogP contribution in [0.3, 0.4) is 0 Å². The molecule has 0 aliphatic heterocycles. The summed E-state index contributed by atoms with van der Waals surface area (Å²) >= 11 is 5.92. The molecule has 0 spiro atoms. The Hall–Kier alpha value is -1.93. The van der Waals surface area contributed by atoms with E-state index in [9.17, 15) is 0 Å². The molecule has 3 heteroatoms. The minimum absolute atomic E-state index is 0.316. The Morgan fingerprint density at radius 2 is 1.74 bits per heavy atom. The zero-order valence-electron chi connectivity index (χ0n) is 10.5. The van der Waals surface area contributed by atoms with Gasteiger partial charge in [-0.05, 0) is 29.3 Å². The van der Waals surface area contributed by atoms with Crippen molar-refractivity contribution >= 4 is 22.5 Å². The standard InChI is InChI=1S/C16H13ClN2/c1-11(12-4-6-15(17)7-5-12)13-2-3-14-9-18-10-19-16(14)8-13/h2-11H,1H3/t11-/m1/s1. The summed E-state index contributed by atoms with van der Waals surface area (Å²) in [4.78, 5) is 8.33. The summed E-state index contributed by atoms with van der Waals surface area (Å²) in [6, 6.07) is 14.3. The molecule has 0 unspecified atom stereocenters. The second-order valence-electron chi connectivity index (χ2n) is 4.61. The van der Waals surface area contributed by atoms with Crippen molar-refractivity contribution in [1.29, 1.82) is 0 Å². The highest BCUT2D eigenvalue weighted by Crippen LogP contribution is 2.27. The molecule has 19 heavy (non-hydrogen) atoms. The number of nitrogens with zero attached hydrogens (tertiary/aromatic N) is 2. The van der Waals surface area contributed by atoms with E-state index < -0.39 is 0 Å². The first-order chi connectivity index (χ1) is 9.24. The van der Waals surface area contributed by atoms with Crippen molar-refractivity contribution in [2.45, 2.75) is 12.8 Å². The second-order valence-corrected chi connectivity index (χ2v) is 5.05. The first kappa shape index (κ1) is 12.1. The maximum atomic E-state index is 5.92. The first-order valence-electron chi connectivity index (χ1n) is 6.19. The fourth-order valence-corrected chi connectivity index (χ4v) is 2.33. The molecule has 0 saturated carbocycles. The molecule has 3 rings (SSSR count). The predicted octanol–water partition coefficient (Wildman–Crippen LogP) is 4.44. The van der Waals surface area contributed by atoms with Crippen LogP contribution < -0.4 is 0 Å². The number of aromatic nitrogens is 2. The van der Waals surface area contributed by atoms with Gasteiger partial charge in [0.05, 0.1) is 5.52 Å². The zero-order chi connectivity index (χ0) is 13.2. The lowest BCUT2D eigenvalue weighted by atomic mass is 9.92. The van der Waals surface area contributed by atoms with E-state index in [4.69, 9.17) is 11.6 Å². The van der Waals surface area contributed by atoms with Crippen LogP contribution >= 0.6 is 11.6 Å². The van der Waals surface area contributed by atoms with E-state index in [0.717, 1.165) is 15.9 Å². The average Bonchev–Trinajstić information content (AvgIpc) is 2.47. The van der Waals surface area contributed by atoms with Gasteiger partial charge in [0.1, 0.15) is 6.33 Å². The highest BCUT2D eigenvalue weighted by atomic mass is 35.5. The first-order valence-corrected chi connectivity index (χ1v) is 6.57. The third-order valence-electron chi connectivity index (χ3n) is 3.40. The largest absolute Gasteiger partial charge is 0.244 e. The number of benzene rings is 2. The molecule has 1 aromatic heterocycles. The zero-order valence-corrected chi connectivity index (χ0v) is 11.3. The third kappa shape index (κ3) is 2.45. The highest BCUT2D eigenvalue weighted by molar-refractivity contribution is 6.30. The lowest BCUT2D eigenvalue weighted by Gasteiger charge is -2.13. The predicted molar refractivity (Wildman–Crippen MR) is 78.5 cm³/mol. The molecule has 0 fully saturated rings. The van der Waals surface area contributed by atoms with Crippen LogP contribution in [-0.2, 0) is 0 Å². The van der Waals surface area contributed by atoms with E-state index in [1.54, 1.807) is 6.33 Å². The van der Waals surface area contributed by atoms with Crippen molar-refractivity contribution in [2.24, 2.45) is 0 Å². The Morgan fingerprint density at radius 3 is 2.53 bits per heavy atom. The van der Waals surface area contributed by atoms with Gasteiger partial charge in [0.15, 0.2) is 0 Å². The van der Waals surface area contributed by atoms with Gasteiger partial charge in [0, 0.05) is 22.5 Å². The van der Waals surface area contributed by atoms with Crippen molar-refractivity contribution in [2.75, 3.05) is 0 Å². The maximum Gasteiger partial charge on any atom is 0.116 e.